The number of carbonyl (C=O) groups excluding carboxylic acids is 2. The van der Waals surface area contributed by atoms with E-state index in [0.717, 1.165) is 12.8 Å². The zero-order valence-corrected chi connectivity index (χ0v) is 22.6. The van der Waals surface area contributed by atoms with Crippen LogP contribution in [0.1, 0.15) is 71.7 Å². The molecule has 0 radical (unpaired) electrons. The van der Waals surface area contributed by atoms with Crippen molar-refractivity contribution < 1.29 is 28.5 Å². The molecule has 10 heteroatoms. The number of amides is 1. The maximum Gasteiger partial charge on any atom is 0.410 e. The van der Waals surface area contributed by atoms with Gasteiger partial charge in [0.25, 0.3) is 0 Å². The molecule has 0 unspecified atom stereocenters. The first kappa shape index (κ1) is 34.0. The Balaban J connectivity index is 0.00000421. The van der Waals surface area contributed by atoms with Crippen LogP contribution in [0.5, 0.6) is 5.75 Å². The van der Waals surface area contributed by atoms with Crippen LogP contribution in [0, 0.1) is 0 Å². The van der Waals surface area contributed by atoms with E-state index in [1.165, 1.54) is 12.1 Å². The average Bonchev–Trinajstić information content (AvgIpc) is 2.85. The minimum atomic E-state index is -0.501. The van der Waals surface area contributed by atoms with Crippen molar-refractivity contribution >= 4 is 12.1 Å². The van der Waals surface area contributed by atoms with E-state index in [4.69, 9.17) is 30.5 Å². The summed E-state index contributed by atoms with van der Waals surface area (Å²) < 4.78 is 21.7. The molecule has 0 saturated carbocycles. The van der Waals surface area contributed by atoms with Gasteiger partial charge < -0.3 is 34.6 Å². The van der Waals surface area contributed by atoms with E-state index in [-0.39, 0.29) is 26.2 Å². The van der Waals surface area contributed by atoms with Crippen LogP contribution in [0.2, 0.25) is 0 Å². The number of methoxy groups -OCH3 is 1. The number of esters is 1. The topological polar surface area (TPSA) is 130 Å². The molecule has 0 aromatic heterocycles. The molecule has 1 aliphatic heterocycles. The van der Waals surface area contributed by atoms with Crippen LogP contribution < -0.4 is 16.3 Å². The lowest BCUT2D eigenvalue weighted by atomic mass is 10.1. The third kappa shape index (κ3) is 13.8. The fourth-order valence-electron chi connectivity index (χ4n) is 3.33. The van der Waals surface area contributed by atoms with Crippen molar-refractivity contribution in [3.8, 4) is 5.75 Å². The van der Waals surface area contributed by atoms with Crippen molar-refractivity contribution in [3.63, 3.8) is 0 Å². The Kier molecular flexibility index (Phi) is 16.1. The molecule has 2 rings (SSSR count). The van der Waals surface area contributed by atoms with E-state index >= 15 is 0 Å². The number of nitrogens with two attached hydrogens (primary N) is 2. The van der Waals surface area contributed by atoms with Crippen LogP contribution in [0.4, 0.5) is 4.79 Å². The van der Waals surface area contributed by atoms with Crippen LogP contribution in [-0.4, -0.2) is 73.6 Å². The predicted molar refractivity (Wildman–Crippen MR) is 146 cm³/mol. The second-order valence-electron chi connectivity index (χ2n) is 9.14. The average molecular weight is 525 g/mol. The molecular weight excluding hydrogens is 476 g/mol. The highest BCUT2D eigenvalue weighted by atomic mass is 16.6. The van der Waals surface area contributed by atoms with Crippen LogP contribution >= 0.6 is 0 Å². The highest BCUT2D eigenvalue weighted by molar-refractivity contribution is 5.89. The van der Waals surface area contributed by atoms with Gasteiger partial charge in [0.05, 0.1) is 37.7 Å². The molecule has 1 aromatic carbocycles. The van der Waals surface area contributed by atoms with E-state index in [9.17, 15) is 9.59 Å². The van der Waals surface area contributed by atoms with Crippen LogP contribution in [0.25, 0.3) is 0 Å². The van der Waals surface area contributed by atoms with Crippen LogP contribution in [-0.2, 0) is 14.2 Å². The third-order valence-electron chi connectivity index (χ3n) is 5.00. The van der Waals surface area contributed by atoms with Gasteiger partial charge in [-0.05, 0) is 51.8 Å². The Hall–Kier alpha value is -2.98. The lowest BCUT2D eigenvalue weighted by Crippen LogP contribution is -2.43. The molecule has 37 heavy (non-hydrogen) atoms. The Morgan fingerprint density at radius 3 is 2.43 bits per heavy atom. The first-order valence-electron chi connectivity index (χ1n) is 12.5. The quantitative estimate of drug-likeness (QED) is 0.199. The first-order valence-corrected chi connectivity index (χ1v) is 12.5. The molecule has 10 nitrogen and oxygen atoms in total. The second-order valence-corrected chi connectivity index (χ2v) is 9.14. The van der Waals surface area contributed by atoms with Crippen LogP contribution in [0.3, 0.4) is 0 Å². The molecular formula is C27H48N4O6. The molecule has 0 spiro atoms. The number of ether oxygens (including phenoxy) is 4. The summed E-state index contributed by atoms with van der Waals surface area (Å²) in [4.78, 5) is 25.4. The molecule has 1 heterocycles. The summed E-state index contributed by atoms with van der Waals surface area (Å²) in [6, 6.07) is 6.82. The molecule has 4 N–H and O–H groups in total. The maximum absolute atomic E-state index is 12.1. The molecule has 1 saturated heterocycles. The fourth-order valence-corrected chi connectivity index (χ4v) is 3.33. The molecule has 212 valence electrons. The Labute approximate surface area is 222 Å². The highest BCUT2D eigenvalue weighted by Crippen LogP contribution is 2.18. The van der Waals surface area contributed by atoms with Gasteiger partial charge in [0, 0.05) is 32.3 Å². The van der Waals surface area contributed by atoms with Gasteiger partial charge in [0.2, 0.25) is 0 Å². The zero-order chi connectivity index (χ0) is 27.1. The summed E-state index contributed by atoms with van der Waals surface area (Å²) in [5.74, 6) is 6.18. The van der Waals surface area contributed by atoms with Crippen molar-refractivity contribution in [2.45, 2.75) is 73.0 Å². The summed E-state index contributed by atoms with van der Waals surface area (Å²) in [7, 11) is 1.34. The number of piperidine rings is 1. The Bertz CT molecular complexity index is 832. The normalized spacial score (nSPS) is 14.0. The monoisotopic (exact) mass is 524 g/mol. The molecule has 1 aromatic rings. The minimum absolute atomic E-state index is 0. The second kappa shape index (κ2) is 17.5. The summed E-state index contributed by atoms with van der Waals surface area (Å²) in [5, 5.41) is 1.50. The Morgan fingerprint density at radius 1 is 1.19 bits per heavy atom. The van der Waals surface area contributed by atoms with Gasteiger partial charge in [0.15, 0.2) is 0 Å². The number of hydrogen-bond donors (Lipinski definition) is 2. The molecule has 1 amide bonds. The van der Waals surface area contributed by atoms with Gasteiger partial charge >= 0.3 is 12.1 Å². The van der Waals surface area contributed by atoms with Crippen molar-refractivity contribution in [2.75, 3.05) is 40.0 Å². The number of likely N-dealkylation sites (tertiary alicyclic amines) is 1. The molecule has 0 aliphatic carbocycles. The summed E-state index contributed by atoms with van der Waals surface area (Å²) in [6.07, 6.45) is 3.51. The van der Waals surface area contributed by atoms with Crippen molar-refractivity contribution in [1.82, 2.24) is 9.91 Å². The smallest absolute Gasteiger partial charge is 0.410 e. The van der Waals surface area contributed by atoms with E-state index in [1.807, 2.05) is 34.6 Å². The summed E-state index contributed by atoms with van der Waals surface area (Å²) in [5.41, 5.74) is 6.50. The van der Waals surface area contributed by atoms with E-state index in [1.54, 1.807) is 35.4 Å². The highest BCUT2D eigenvalue weighted by Gasteiger charge is 2.27. The van der Waals surface area contributed by atoms with Crippen molar-refractivity contribution in [2.24, 2.45) is 11.6 Å². The minimum Gasteiger partial charge on any atom is -0.494 e. The fraction of sp³-hybridized carbons (Fsp3) is 0.630. The zero-order valence-electron chi connectivity index (χ0n) is 22.6. The summed E-state index contributed by atoms with van der Waals surface area (Å²) >= 11 is 0. The maximum atomic E-state index is 12.1. The van der Waals surface area contributed by atoms with Gasteiger partial charge in [-0.3, -0.25) is 0 Å². The number of benzene rings is 1. The van der Waals surface area contributed by atoms with Gasteiger partial charge in [-0.2, -0.15) is 0 Å². The number of nitrogens with zero attached hydrogens (tertiary/aromatic N) is 2. The first-order chi connectivity index (χ1) is 17.1. The lowest BCUT2D eigenvalue weighted by Gasteiger charge is -2.33. The van der Waals surface area contributed by atoms with Gasteiger partial charge in [-0.25, -0.2) is 15.4 Å². The van der Waals surface area contributed by atoms with Crippen molar-refractivity contribution in [3.05, 3.63) is 41.7 Å². The molecule has 0 bridgehead atoms. The predicted octanol–water partition coefficient (Wildman–Crippen LogP) is 4.30. The SMILES string of the molecule is C.CC.COC(=O)c1cccc(OCCCN(N)/C=C(\N)COC2CCN(C(=O)OC(C)(C)C)CC2)c1. The Morgan fingerprint density at radius 2 is 1.84 bits per heavy atom. The number of rotatable bonds is 10. The number of carbonyl (C=O) groups is 2. The molecule has 1 fully saturated rings. The van der Waals surface area contributed by atoms with E-state index in [2.05, 4.69) is 0 Å². The third-order valence-corrected chi connectivity index (χ3v) is 5.00. The van der Waals surface area contributed by atoms with E-state index in [0.29, 0.717) is 49.7 Å². The van der Waals surface area contributed by atoms with Gasteiger partial charge in [-0.15, -0.1) is 0 Å². The number of hydrazine groups is 1. The van der Waals surface area contributed by atoms with E-state index < -0.39 is 11.6 Å². The largest absolute Gasteiger partial charge is 0.494 e. The van der Waals surface area contributed by atoms with Gasteiger partial charge in [0.1, 0.15) is 11.4 Å². The molecule has 1 aliphatic rings. The number of hydrogen-bond acceptors (Lipinski definition) is 9. The lowest BCUT2D eigenvalue weighted by molar-refractivity contribution is -0.00634. The van der Waals surface area contributed by atoms with Crippen molar-refractivity contribution in [1.29, 1.82) is 0 Å². The molecule has 0 atom stereocenters. The van der Waals surface area contributed by atoms with Crippen LogP contribution in [0.15, 0.2) is 36.2 Å². The van der Waals surface area contributed by atoms with Gasteiger partial charge in [-0.1, -0.05) is 27.3 Å². The standard InChI is InChI=1S/C24H38N4O6.C2H6.CH4/c1-24(2,3)34-23(30)27-12-9-20(10-13-27)33-17-19(25)16-28(26)11-6-14-32-21-8-5-7-18(15-21)22(29)31-4;1-2;/h5,7-8,15-16,20H,6,9-14,17,25-26H2,1-4H3;1-2H3;1H4/b19-16-;;. The summed E-state index contributed by atoms with van der Waals surface area (Å²) in [6.45, 7) is 12.0.